The zero-order chi connectivity index (χ0) is 32.2. The molecule has 45 heavy (non-hydrogen) atoms. The summed E-state index contributed by atoms with van der Waals surface area (Å²) in [4.78, 5) is 25.2. The van der Waals surface area contributed by atoms with Crippen LogP contribution in [0.1, 0.15) is 56.8 Å². The molecular formula is C36H40ClN3O5. The molecule has 6 N–H and O–H groups in total. The molecule has 0 aromatic heterocycles. The van der Waals surface area contributed by atoms with E-state index in [9.17, 15) is 24.9 Å². The highest BCUT2D eigenvalue weighted by atomic mass is 35.5. The van der Waals surface area contributed by atoms with Crippen molar-refractivity contribution < 1.29 is 24.9 Å². The van der Waals surface area contributed by atoms with Crippen molar-refractivity contribution in [2.45, 2.75) is 51.5 Å². The highest BCUT2D eigenvalue weighted by Crippen LogP contribution is 2.22. The summed E-state index contributed by atoms with van der Waals surface area (Å²) in [7, 11) is 0. The van der Waals surface area contributed by atoms with Crippen LogP contribution in [0.2, 0.25) is 5.02 Å². The number of hydrogen-bond donors (Lipinski definition) is 6. The van der Waals surface area contributed by atoms with Crippen LogP contribution in [0.5, 0.6) is 5.75 Å². The monoisotopic (exact) mass is 629 g/mol. The predicted molar refractivity (Wildman–Crippen MR) is 176 cm³/mol. The van der Waals surface area contributed by atoms with Crippen LogP contribution in [-0.2, 0) is 37.2 Å². The third kappa shape index (κ3) is 10.7. The van der Waals surface area contributed by atoms with Crippen molar-refractivity contribution in [3.8, 4) is 5.75 Å². The quantitative estimate of drug-likeness (QED) is 0.114. The van der Waals surface area contributed by atoms with E-state index in [-0.39, 0.29) is 36.6 Å². The third-order valence-corrected chi connectivity index (χ3v) is 7.79. The van der Waals surface area contributed by atoms with Gasteiger partial charge in [0.25, 0.3) is 5.91 Å². The largest absolute Gasteiger partial charge is 0.508 e. The molecule has 0 spiro atoms. The normalized spacial score (nSPS) is 12.4. The van der Waals surface area contributed by atoms with Gasteiger partial charge in [0.1, 0.15) is 5.75 Å². The lowest BCUT2D eigenvalue weighted by Crippen LogP contribution is -2.32. The second kappa shape index (κ2) is 16.7. The van der Waals surface area contributed by atoms with Crippen molar-refractivity contribution in [3.63, 3.8) is 0 Å². The van der Waals surface area contributed by atoms with Crippen LogP contribution in [-0.4, -0.2) is 46.3 Å². The first-order chi connectivity index (χ1) is 21.7. The second-order valence-electron chi connectivity index (χ2n) is 11.2. The number of aliphatic hydroxyl groups excluding tert-OH is 2. The number of aliphatic hydroxyl groups is 2. The summed E-state index contributed by atoms with van der Waals surface area (Å²) in [5, 5.41) is 39.5. The smallest absolute Gasteiger partial charge is 0.251 e. The summed E-state index contributed by atoms with van der Waals surface area (Å²) < 4.78 is 0. The molecule has 0 aliphatic heterocycles. The van der Waals surface area contributed by atoms with Crippen LogP contribution >= 0.6 is 11.6 Å². The van der Waals surface area contributed by atoms with Gasteiger partial charge in [0, 0.05) is 41.8 Å². The number of carbonyl (C=O) groups is 2. The van der Waals surface area contributed by atoms with E-state index in [2.05, 4.69) is 16.0 Å². The minimum Gasteiger partial charge on any atom is -0.508 e. The molecular weight excluding hydrogens is 590 g/mol. The molecule has 4 aromatic carbocycles. The molecule has 0 fully saturated rings. The topological polar surface area (TPSA) is 131 Å². The van der Waals surface area contributed by atoms with E-state index in [1.165, 1.54) is 6.07 Å². The maximum Gasteiger partial charge on any atom is 0.251 e. The molecule has 0 aliphatic carbocycles. The van der Waals surface area contributed by atoms with Gasteiger partial charge in [0.2, 0.25) is 5.91 Å². The summed E-state index contributed by atoms with van der Waals surface area (Å²) in [6, 6.07) is 27.4. The summed E-state index contributed by atoms with van der Waals surface area (Å²) in [5.74, 6) is -0.239. The summed E-state index contributed by atoms with van der Waals surface area (Å²) >= 11 is 5.91. The number of phenols is 1. The fourth-order valence-corrected chi connectivity index (χ4v) is 5.08. The number of rotatable bonds is 15. The minimum atomic E-state index is -0.785. The van der Waals surface area contributed by atoms with Crippen molar-refractivity contribution in [2.75, 3.05) is 13.1 Å². The third-order valence-electron chi connectivity index (χ3n) is 7.53. The lowest BCUT2D eigenvalue weighted by Gasteiger charge is -2.18. The molecule has 0 heterocycles. The fraction of sp³-hybridized carbons (Fsp3) is 0.278. The Morgan fingerprint density at radius 2 is 1.56 bits per heavy atom. The SMILES string of the molecule is C[C@H](Cc1cccc(CC(=O)NCc2ccc(C(=O)NCCc3ccc(Cl)cc3)cc2)c1)NC[C@@H](O)c1ccc(O)c(CO)c1. The Balaban J connectivity index is 1.18. The van der Waals surface area contributed by atoms with Gasteiger partial charge in [-0.2, -0.15) is 0 Å². The van der Waals surface area contributed by atoms with E-state index in [1.807, 2.05) is 67.6 Å². The van der Waals surface area contributed by atoms with Gasteiger partial charge in [0.15, 0.2) is 0 Å². The van der Waals surface area contributed by atoms with Crippen LogP contribution in [0.3, 0.4) is 0 Å². The molecule has 0 aliphatic rings. The Morgan fingerprint density at radius 1 is 0.844 bits per heavy atom. The van der Waals surface area contributed by atoms with Crippen LogP contribution in [0.4, 0.5) is 0 Å². The summed E-state index contributed by atoms with van der Waals surface area (Å²) in [6.45, 7) is 2.92. The van der Waals surface area contributed by atoms with E-state index in [1.54, 1.807) is 24.3 Å². The predicted octanol–water partition coefficient (Wildman–Crippen LogP) is 4.62. The first-order valence-corrected chi connectivity index (χ1v) is 15.4. The summed E-state index contributed by atoms with van der Waals surface area (Å²) in [5.41, 5.74) is 5.53. The molecule has 0 radical (unpaired) electrons. The van der Waals surface area contributed by atoms with Crippen molar-refractivity contribution in [1.82, 2.24) is 16.0 Å². The molecule has 2 amide bonds. The van der Waals surface area contributed by atoms with Gasteiger partial charge in [-0.25, -0.2) is 0 Å². The zero-order valence-corrected chi connectivity index (χ0v) is 26.1. The molecule has 0 saturated carbocycles. The van der Waals surface area contributed by atoms with Gasteiger partial charge >= 0.3 is 0 Å². The second-order valence-corrected chi connectivity index (χ2v) is 11.6. The Hall–Kier alpha value is -4.21. The molecule has 4 rings (SSSR count). The number of amides is 2. The zero-order valence-electron chi connectivity index (χ0n) is 25.3. The van der Waals surface area contributed by atoms with Crippen LogP contribution < -0.4 is 16.0 Å². The maximum atomic E-state index is 12.7. The van der Waals surface area contributed by atoms with E-state index >= 15 is 0 Å². The molecule has 9 heteroatoms. The molecule has 8 nitrogen and oxygen atoms in total. The summed E-state index contributed by atoms with van der Waals surface area (Å²) in [6.07, 6.45) is 0.885. The number of aromatic hydroxyl groups is 1. The number of benzene rings is 4. The number of nitrogens with one attached hydrogen (secondary N) is 3. The van der Waals surface area contributed by atoms with Gasteiger partial charge in [-0.05, 0) is 84.0 Å². The van der Waals surface area contributed by atoms with E-state index in [4.69, 9.17) is 11.6 Å². The van der Waals surface area contributed by atoms with Crippen molar-refractivity contribution >= 4 is 23.4 Å². The van der Waals surface area contributed by atoms with Crippen molar-refractivity contribution in [3.05, 3.63) is 135 Å². The highest BCUT2D eigenvalue weighted by molar-refractivity contribution is 6.30. The molecule has 0 saturated heterocycles. The van der Waals surface area contributed by atoms with Crippen LogP contribution in [0, 0.1) is 0 Å². The number of halogens is 1. The van der Waals surface area contributed by atoms with E-state index < -0.39 is 6.10 Å². The van der Waals surface area contributed by atoms with Gasteiger partial charge in [-0.1, -0.05) is 66.2 Å². The van der Waals surface area contributed by atoms with Crippen molar-refractivity contribution in [2.24, 2.45) is 0 Å². The molecule has 0 bridgehead atoms. The minimum absolute atomic E-state index is 0.000932. The van der Waals surface area contributed by atoms with Gasteiger partial charge in [-0.15, -0.1) is 0 Å². The Morgan fingerprint density at radius 3 is 2.29 bits per heavy atom. The van der Waals surface area contributed by atoms with Crippen LogP contribution in [0.15, 0.2) is 91.0 Å². The number of carbonyl (C=O) groups excluding carboxylic acids is 2. The average molecular weight is 630 g/mol. The average Bonchev–Trinajstić information content (AvgIpc) is 3.04. The first-order valence-electron chi connectivity index (χ1n) is 15.0. The van der Waals surface area contributed by atoms with Gasteiger partial charge in [0.05, 0.1) is 19.1 Å². The molecule has 2 atom stereocenters. The molecule has 4 aromatic rings. The van der Waals surface area contributed by atoms with E-state index in [0.29, 0.717) is 54.2 Å². The first kappa shape index (κ1) is 33.7. The maximum absolute atomic E-state index is 12.7. The Kier molecular flexibility index (Phi) is 12.5. The Bertz CT molecular complexity index is 1560. The van der Waals surface area contributed by atoms with E-state index in [0.717, 1.165) is 22.3 Å². The fourth-order valence-electron chi connectivity index (χ4n) is 4.96. The lowest BCUT2D eigenvalue weighted by atomic mass is 10.0. The number of hydrogen-bond acceptors (Lipinski definition) is 6. The van der Waals surface area contributed by atoms with Crippen LogP contribution in [0.25, 0.3) is 0 Å². The highest BCUT2D eigenvalue weighted by Gasteiger charge is 2.13. The van der Waals surface area contributed by atoms with Gasteiger partial charge in [-0.3, -0.25) is 9.59 Å². The standard InChI is InChI=1S/C36H40ClN3O5/c1-24(39-22-34(43)30-11-14-33(42)31(20-30)23-41)17-27-3-2-4-28(18-27)19-35(44)40-21-26-5-9-29(10-6-26)36(45)38-16-15-25-7-12-32(37)13-8-25/h2-14,18,20,24,34,39,41-43H,15-17,19,21-23H2,1H3,(H,38,45)(H,40,44)/t24-,34-/m1/s1. The van der Waals surface area contributed by atoms with Crippen molar-refractivity contribution in [1.29, 1.82) is 0 Å². The molecule has 236 valence electrons. The Labute approximate surface area is 269 Å². The van der Waals surface area contributed by atoms with Gasteiger partial charge < -0.3 is 31.3 Å². The lowest BCUT2D eigenvalue weighted by molar-refractivity contribution is -0.120. The molecule has 0 unspecified atom stereocenters.